The van der Waals surface area contributed by atoms with Crippen molar-refractivity contribution in [2.75, 3.05) is 4.90 Å². The van der Waals surface area contributed by atoms with Crippen LogP contribution in [0.15, 0.2) is 60.7 Å². The van der Waals surface area contributed by atoms with Gasteiger partial charge in [-0.15, -0.1) is 0 Å². The Labute approximate surface area is 300 Å². The van der Waals surface area contributed by atoms with E-state index in [9.17, 15) is 24.4 Å². The van der Waals surface area contributed by atoms with E-state index in [4.69, 9.17) is 11.3 Å². The Hall–Kier alpha value is -6.12. The van der Waals surface area contributed by atoms with E-state index in [0.29, 0.717) is 54.3 Å². The van der Waals surface area contributed by atoms with Gasteiger partial charge in [-0.2, -0.15) is 5.26 Å². The third-order valence-electron chi connectivity index (χ3n) is 10.8. The number of benzene rings is 6. The number of hydrogen-bond acceptors (Lipinski definition) is 6. The number of amides is 2. The zero-order valence-electron chi connectivity index (χ0n) is 28.9. The second-order valence-corrected chi connectivity index (χ2v) is 13.9. The lowest BCUT2D eigenvalue weighted by Crippen LogP contribution is -2.40. The number of hydrogen-bond donors (Lipinski definition) is 0. The van der Waals surface area contributed by atoms with Crippen molar-refractivity contribution in [3.8, 4) is 6.07 Å². The second-order valence-electron chi connectivity index (χ2n) is 13.9. The predicted octanol–water partition coefficient (Wildman–Crippen LogP) is 10.7. The summed E-state index contributed by atoms with van der Waals surface area (Å²) in [5.41, 5.74) is 2.79. The summed E-state index contributed by atoms with van der Waals surface area (Å²) in [5.74, 6) is -2.64. The minimum atomic E-state index is -0.842. The summed E-state index contributed by atoms with van der Waals surface area (Å²) in [6.07, 6.45) is 13.6. The number of esters is 2. The summed E-state index contributed by atoms with van der Waals surface area (Å²) >= 11 is 0. The van der Waals surface area contributed by atoms with Gasteiger partial charge in [-0.1, -0.05) is 89.0 Å². The Morgan fingerprint density at radius 2 is 1.21 bits per heavy atom. The summed E-state index contributed by atoms with van der Waals surface area (Å²) in [6.45, 7) is 10.3. The van der Waals surface area contributed by atoms with Crippen LogP contribution in [-0.2, 0) is 11.2 Å². The summed E-state index contributed by atoms with van der Waals surface area (Å²) in [6, 6.07) is 19.4. The highest BCUT2D eigenvalue weighted by molar-refractivity contribution is 6.45. The molecular formula is C44H35N3O5. The van der Waals surface area contributed by atoms with Crippen molar-refractivity contribution in [2.45, 2.75) is 77.6 Å². The van der Waals surface area contributed by atoms with Gasteiger partial charge in [-0.25, -0.2) is 19.3 Å². The van der Waals surface area contributed by atoms with Gasteiger partial charge in [0.15, 0.2) is 5.69 Å². The highest BCUT2D eigenvalue weighted by Gasteiger charge is 2.37. The van der Waals surface area contributed by atoms with Crippen LogP contribution in [0.2, 0.25) is 0 Å². The predicted molar refractivity (Wildman–Crippen MR) is 202 cm³/mol. The Morgan fingerprint density at radius 1 is 0.635 bits per heavy atom. The van der Waals surface area contributed by atoms with E-state index < -0.39 is 23.8 Å². The van der Waals surface area contributed by atoms with Crippen molar-refractivity contribution < 1.29 is 23.9 Å². The van der Waals surface area contributed by atoms with Gasteiger partial charge in [0.1, 0.15) is 0 Å². The van der Waals surface area contributed by atoms with Crippen molar-refractivity contribution in [1.29, 1.82) is 5.26 Å². The molecule has 2 aliphatic heterocycles. The average molecular weight is 686 g/mol. The van der Waals surface area contributed by atoms with Gasteiger partial charge in [0, 0.05) is 21.7 Å². The van der Waals surface area contributed by atoms with Crippen LogP contribution < -0.4 is 4.90 Å². The average Bonchev–Trinajstić information content (AvgIpc) is 3.16. The molecular weight excluding hydrogens is 651 g/mol. The third kappa shape index (κ3) is 5.09. The molecule has 8 heteroatoms. The summed E-state index contributed by atoms with van der Waals surface area (Å²) in [4.78, 5) is 59.1. The van der Waals surface area contributed by atoms with Crippen molar-refractivity contribution >= 4 is 78.2 Å². The molecule has 52 heavy (non-hydrogen) atoms. The van der Waals surface area contributed by atoms with E-state index in [1.165, 1.54) is 74.8 Å². The molecule has 0 aliphatic carbocycles. The van der Waals surface area contributed by atoms with Gasteiger partial charge in [0.05, 0.1) is 40.6 Å². The molecule has 0 unspecified atom stereocenters. The maximum absolute atomic E-state index is 14.3. The van der Waals surface area contributed by atoms with Gasteiger partial charge in [-0.05, 0) is 81.7 Å². The Bertz CT molecular complexity index is 2590. The third-order valence-corrected chi connectivity index (χ3v) is 10.8. The van der Waals surface area contributed by atoms with Crippen molar-refractivity contribution in [3.63, 3.8) is 0 Å². The molecule has 2 amide bonds. The lowest BCUT2D eigenvalue weighted by atomic mass is 9.80. The molecule has 0 fully saturated rings. The van der Waals surface area contributed by atoms with Crippen LogP contribution in [0.5, 0.6) is 0 Å². The van der Waals surface area contributed by atoms with E-state index >= 15 is 0 Å². The van der Waals surface area contributed by atoms with Crippen LogP contribution in [0.3, 0.4) is 0 Å². The first-order chi connectivity index (χ1) is 25.4. The topological polar surface area (TPSA) is 109 Å². The number of anilines is 1. The number of carbonyl (C=O) groups is 4. The lowest BCUT2D eigenvalue weighted by molar-refractivity contribution is 0.0390. The molecule has 0 spiro atoms. The lowest BCUT2D eigenvalue weighted by Gasteiger charge is -2.29. The first-order valence-electron chi connectivity index (χ1n) is 18.2. The number of carbonyl (C=O) groups excluding carboxylic acids is 4. The van der Waals surface area contributed by atoms with Crippen LogP contribution in [0.1, 0.15) is 124 Å². The van der Waals surface area contributed by atoms with E-state index in [0.717, 1.165) is 18.4 Å². The van der Waals surface area contributed by atoms with Gasteiger partial charge in [-0.3, -0.25) is 9.59 Å². The second kappa shape index (κ2) is 13.2. The Balaban J connectivity index is 1.15. The zero-order chi connectivity index (χ0) is 36.1. The molecule has 0 bridgehead atoms. The standard InChI is InChI=1S/C44H35N3O5/c1-3-4-5-6-7-8-9-10-11-12-13-25-14-16-27(17-15-25)47-41(48)30-20-18-29-38-34(46-2)23-33-37-31(43(50)52-44(33)51)21-19-28(40(37)38)35-26(24-45)22-32(42(47)49)36(30)39(29)35/h14-23H,3-13H2,1H3. The summed E-state index contributed by atoms with van der Waals surface area (Å²) in [5, 5.41) is 14.3. The largest absolute Gasteiger partial charge is 0.386 e. The minimum absolute atomic E-state index is 0.101. The zero-order valence-corrected chi connectivity index (χ0v) is 28.9. The fourth-order valence-electron chi connectivity index (χ4n) is 8.33. The number of nitrogens with zero attached hydrogens (tertiary/aromatic N) is 3. The fraction of sp³-hybridized carbons (Fsp3) is 0.273. The SMILES string of the molecule is [C-]#[N+]c1cc2c3c(ccc4c5c(C#N)cc6c7c(ccc(c1c34)c75)C(=O)N(c1ccc(CCCCCCCCCCCC)cc1)C6=O)C(=O)OC2=O. The van der Waals surface area contributed by atoms with E-state index in [1.54, 1.807) is 24.3 Å². The quantitative estimate of drug-likeness (QED) is 0.0241. The van der Waals surface area contributed by atoms with Crippen molar-refractivity contribution in [3.05, 3.63) is 105 Å². The highest BCUT2D eigenvalue weighted by atomic mass is 16.6. The molecule has 0 aromatic heterocycles. The number of nitriles is 1. The van der Waals surface area contributed by atoms with Crippen LogP contribution in [0.4, 0.5) is 11.4 Å². The summed E-state index contributed by atoms with van der Waals surface area (Å²) < 4.78 is 4.97. The number of imide groups is 1. The maximum atomic E-state index is 14.3. The van der Waals surface area contributed by atoms with Gasteiger partial charge in [0.25, 0.3) is 11.8 Å². The monoisotopic (exact) mass is 685 g/mol. The number of aryl methyl sites for hydroxylation is 1. The molecule has 8 nitrogen and oxygen atoms in total. The molecule has 8 rings (SSSR count). The molecule has 0 saturated carbocycles. The number of unbranched alkanes of at least 4 members (excludes halogenated alkanes) is 9. The highest BCUT2D eigenvalue weighted by Crippen LogP contribution is 2.50. The van der Waals surface area contributed by atoms with E-state index in [1.807, 2.05) is 24.3 Å². The number of cyclic esters (lactones) is 2. The number of ether oxygens (including phenoxy) is 1. The Morgan fingerprint density at radius 3 is 1.88 bits per heavy atom. The molecule has 0 N–H and O–H groups in total. The Kier molecular flexibility index (Phi) is 8.40. The van der Waals surface area contributed by atoms with E-state index in [2.05, 4.69) is 17.8 Å². The first kappa shape index (κ1) is 33.0. The molecule has 256 valence electrons. The smallest absolute Gasteiger partial charge is 0.346 e. The molecule has 6 aromatic rings. The molecule has 2 heterocycles. The van der Waals surface area contributed by atoms with E-state index in [-0.39, 0.29) is 27.9 Å². The first-order valence-corrected chi connectivity index (χ1v) is 18.2. The molecule has 6 aromatic carbocycles. The van der Waals surface area contributed by atoms with Crippen LogP contribution in [0, 0.1) is 17.9 Å². The number of fused-ring (bicyclic) bond motifs is 2. The normalized spacial score (nSPS) is 13.8. The van der Waals surface area contributed by atoms with Crippen LogP contribution in [-0.4, -0.2) is 23.8 Å². The summed E-state index contributed by atoms with van der Waals surface area (Å²) in [7, 11) is 0. The van der Waals surface area contributed by atoms with Gasteiger partial charge in [0.2, 0.25) is 0 Å². The van der Waals surface area contributed by atoms with Gasteiger partial charge < -0.3 is 4.74 Å². The van der Waals surface area contributed by atoms with Crippen LogP contribution in [0.25, 0.3) is 47.9 Å². The van der Waals surface area contributed by atoms with Crippen molar-refractivity contribution in [2.24, 2.45) is 0 Å². The maximum Gasteiger partial charge on any atom is 0.346 e. The molecule has 0 saturated heterocycles. The number of rotatable bonds is 12. The van der Waals surface area contributed by atoms with Crippen molar-refractivity contribution in [1.82, 2.24) is 0 Å². The van der Waals surface area contributed by atoms with Gasteiger partial charge >= 0.3 is 11.9 Å². The minimum Gasteiger partial charge on any atom is -0.386 e. The van der Waals surface area contributed by atoms with Crippen LogP contribution >= 0.6 is 0 Å². The fourth-order valence-corrected chi connectivity index (χ4v) is 8.33. The molecule has 2 aliphatic rings. The molecule has 0 radical (unpaired) electrons. The molecule has 0 atom stereocenters.